The summed E-state index contributed by atoms with van der Waals surface area (Å²) in [6.07, 6.45) is -1.33. The Balaban J connectivity index is 1.96. The fourth-order valence-electron chi connectivity index (χ4n) is 1.52. The molecule has 0 fully saturated rings. The molecule has 0 aliphatic rings. The maximum atomic E-state index is 12.4. The molecule has 0 aromatic carbocycles. The van der Waals surface area contributed by atoms with Gasteiger partial charge in [0.25, 0.3) is 0 Å². The summed E-state index contributed by atoms with van der Waals surface area (Å²) in [5.41, 5.74) is -0.940. The van der Waals surface area contributed by atoms with Crippen molar-refractivity contribution in [3.63, 3.8) is 0 Å². The second-order valence-corrected chi connectivity index (χ2v) is 4.96. The van der Waals surface area contributed by atoms with Crippen LogP contribution in [0, 0.1) is 0 Å². The molecule has 0 aliphatic carbocycles. The van der Waals surface area contributed by atoms with Gasteiger partial charge in [0.1, 0.15) is 10.8 Å². The first-order valence-corrected chi connectivity index (χ1v) is 6.54. The van der Waals surface area contributed by atoms with Gasteiger partial charge >= 0.3 is 6.18 Å². The van der Waals surface area contributed by atoms with E-state index in [0.717, 1.165) is 16.7 Å². The molecule has 0 saturated heterocycles. The Hall–Kier alpha value is -1.90. The highest BCUT2D eigenvalue weighted by molar-refractivity contribution is 7.09. The average Bonchev–Trinajstić information content (AvgIpc) is 2.97. The van der Waals surface area contributed by atoms with Gasteiger partial charge in [-0.05, 0) is 6.92 Å². The van der Waals surface area contributed by atoms with Crippen LogP contribution in [0.1, 0.15) is 29.5 Å². The Morgan fingerprint density at radius 1 is 1.55 bits per heavy atom. The zero-order valence-electron chi connectivity index (χ0n) is 10.4. The number of carbonyl (C=O) groups is 1. The van der Waals surface area contributed by atoms with Gasteiger partial charge < -0.3 is 10.3 Å². The van der Waals surface area contributed by atoms with E-state index in [1.165, 1.54) is 6.20 Å². The van der Waals surface area contributed by atoms with Crippen molar-refractivity contribution in [1.29, 1.82) is 0 Å². The summed E-state index contributed by atoms with van der Waals surface area (Å²) in [6, 6.07) is -0.585. The van der Waals surface area contributed by atoms with E-state index in [-0.39, 0.29) is 17.3 Å². The number of aromatic nitrogens is 3. The predicted molar refractivity (Wildman–Crippen MR) is 66.0 cm³/mol. The lowest BCUT2D eigenvalue weighted by Crippen LogP contribution is -2.28. The van der Waals surface area contributed by atoms with Gasteiger partial charge in [-0.1, -0.05) is 0 Å². The summed E-state index contributed by atoms with van der Waals surface area (Å²) in [4.78, 5) is 21.8. The van der Waals surface area contributed by atoms with Crippen LogP contribution in [0.25, 0.3) is 0 Å². The zero-order chi connectivity index (χ0) is 14.8. The lowest BCUT2D eigenvalue weighted by atomic mass is 10.3. The van der Waals surface area contributed by atoms with Crippen LogP contribution in [0.2, 0.25) is 0 Å². The summed E-state index contributed by atoms with van der Waals surface area (Å²) in [5.74, 6) is 0.154. The molecule has 9 heteroatoms. The van der Waals surface area contributed by atoms with Gasteiger partial charge in [-0.2, -0.15) is 13.2 Å². The molecule has 0 saturated carbocycles. The standard InChI is InChI=1S/C11H11F3N4OS/c1-6(10-18-7(5-20-10)11(12,13)14)17-9(19)4-8-15-2-3-16-8/h2-3,5-6H,4H2,1H3,(H,15,16)(H,17,19). The quantitative estimate of drug-likeness (QED) is 0.910. The molecule has 2 aromatic heterocycles. The number of nitrogens with zero attached hydrogens (tertiary/aromatic N) is 2. The van der Waals surface area contributed by atoms with Gasteiger partial charge in [0.2, 0.25) is 5.91 Å². The first kappa shape index (κ1) is 14.5. The molecule has 5 nitrogen and oxygen atoms in total. The molecule has 108 valence electrons. The Morgan fingerprint density at radius 3 is 2.85 bits per heavy atom. The number of thiazole rings is 1. The van der Waals surface area contributed by atoms with E-state index in [4.69, 9.17) is 0 Å². The van der Waals surface area contributed by atoms with Gasteiger partial charge in [0.15, 0.2) is 5.69 Å². The monoisotopic (exact) mass is 304 g/mol. The van der Waals surface area contributed by atoms with Crippen LogP contribution >= 0.6 is 11.3 Å². The Kier molecular flexibility index (Phi) is 4.07. The number of hydrogen-bond acceptors (Lipinski definition) is 4. The third-order valence-corrected chi connectivity index (χ3v) is 3.47. The van der Waals surface area contributed by atoms with Crippen molar-refractivity contribution in [3.05, 3.63) is 34.3 Å². The number of hydrogen-bond donors (Lipinski definition) is 2. The molecule has 2 rings (SSSR count). The van der Waals surface area contributed by atoms with Crippen molar-refractivity contribution >= 4 is 17.2 Å². The summed E-state index contributed by atoms with van der Waals surface area (Å²) in [5, 5.41) is 3.73. The van der Waals surface area contributed by atoms with Crippen molar-refractivity contribution < 1.29 is 18.0 Å². The van der Waals surface area contributed by atoms with Crippen LogP contribution < -0.4 is 5.32 Å². The number of H-pyrrole nitrogens is 1. The van der Waals surface area contributed by atoms with Gasteiger partial charge in [0, 0.05) is 17.8 Å². The third-order valence-electron chi connectivity index (χ3n) is 2.44. The molecule has 2 N–H and O–H groups in total. The molecule has 1 amide bonds. The highest BCUT2D eigenvalue weighted by atomic mass is 32.1. The molecule has 0 radical (unpaired) electrons. The Labute approximate surface area is 116 Å². The third kappa shape index (κ3) is 3.56. The number of halogens is 3. The van der Waals surface area contributed by atoms with E-state index in [1.54, 1.807) is 13.1 Å². The molecular weight excluding hydrogens is 293 g/mol. The largest absolute Gasteiger partial charge is 0.434 e. The van der Waals surface area contributed by atoms with Crippen LogP contribution in [0.4, 0.5) is 13.2 Å². The number of imidazole rings is 1. The molecule has 1 unspecified atom stereocenters. The first-order chi connectivity index (χ1) is 9.36. The number of nitrogens with one attached hydrogen (secondary N) is 2. The lowest BCUT2D eigenvalue weighted by Gasteiger charge is -2.10. The molecule has 0 bridgehead atoms. The molecule has 0 aliphatic heterocycles. The van der Waals surface area contributed by atoms with Crippen molar-refractivity contribution in [2.75, 3.05) is 0 Å². The highest BCUT2D eigenvalue weighted by Crippen LogP contribution is 2.31. The minimum absolute atomic E-state index is 0.0366. The average molecular weight is 304 g/mol. The van der Waals surface area contributed by atoms with Crippen LogP contribution in [0.5, 0.6) is 0 Å². The predicted octanol–water partition coefficient (Wildman–Crippen LogP) is 2.30. The molecule has 2 aromatic rings. The van der Waals surface area contributed by atoms with Crippen molar-refractivity contribution in [3.8, 4) is 0 Å². The van der Waals surface area contributed by atoms with Gasteiger partial charge in [-0.15, -0.1) is 11.3 Å². The number of alkyl halides is 3. The number of carbonyl (C=O) groups excluding carboxylic acids is 1. The lowest BCUT2D eigenvalue weighted by molar-refractivity contribution is -0.140. The zero-order valence-corrected chi connectivity index (χ0v) is 11.2. The van der Waals surface area contributed by atoms with Crippen molar-refractivity contribution in [2.24, 2.45) is 0 Å². The van der Waals surface area contributed by atoms with E-state index in [2.05, 4.69) is 20.3 Å². The second kappa shape index (κ2) is 5.61. The topological polar surface area (TPSA) is 70.7 Å². The molecular formula is C11H11F3N4OS. The van der Waals surface area contributed by atoms with Crippen molar-refractivity contribution in [1.82, 2.24) is 20.3 Å². The van der Waals surface area contributed by atoms with E-state index >= 15 is 0 Å². The maximum absolute atomic E-state index is 12.4. The molecule has 0 spiro atoms. The van der Waals surface area contributed by atoms with E-state index in [0.29, 0.717) is 5.82 Å². The number of rotatable bonds is 4. The SMILES string of the molecule is CC(NC(=O)Cc1ncc[nH]1)c1nc(C(F)(F)F)cs1. The number of amides is 1. The maximum Gasteiger partial charge on any atom is 0.434 e. The van der Waals surface area contributed by atoms with Crippen LogP contribution in [0.15, 0.2) is 17.8 Å². The molecule has 2 heterocycles. The van der Waals surface area contributed by atoms with Crippen LogP contribution in [-0.4, -0.2) is 20.9 Å². The van der Waals surface area contributed by atoms with Gasteiger partial charge in [-0.25, -0.2) is 9.97 Å². The Bertz CT molecular complexity index is 579. The highest BCUT2D eigenvalue weighted by Gasteiger charge is 2.34. The normalized spacial score (nSPS) is 13.2. The van der Waals surface area contributed by atoms with E-state index in [9.17, 15) is 18.0 Å². The van der Waals surface area contributed by atoms with Gasteiger partial charge in [-0.3, -0.25) is 4.79 Å². The van der Waals surface area contributed by atoms with Gasteiger partial charge in [0.05, 0.1) is 12.5 Å². The van der Waals surface area contributed by atoms with E-state index < -0.39 is 17.9 Å². The summed E-state index contributed by atoms with van der Waals surface area (Å²) < 4.78 is 37.3. The molecule has 20 heavy (non-hydrogen) atoms. The van der Waals surface area contributed by atoms with E-state index in [1.807, 2.05) is 0 Å². The fraction of sp³-hybridized carbons (Fsp3) is 0.364. The second-order valence-electron chi connectivity index (χ2n) is 4.07. The number of aromatic amines is 1. The van der Waals surface area contributed by atoms with Crippen molar-refractivity contribution in [2.45, 2.75) is 25.6 Å². The summed E-state index contributed by atoms with van der Waals surface area (Å²) in [7, 11) is 0. The first-order valence-electron chi connectivity index (χ1n) is 5.66. The smallest absolute Gasteiger partial charge is 0.348 e. The Morgan fingerprint density at radius 2 is 2.30 bits per heavy atom. The minimum Gasteiger partial charge on any atom is -0.348 e. The fourth-order valence-corrected chi connectivity index (χ4v) is 2.35. The molecule has 1 atom stereocenters. The summed E-state index contributed by atoms with van der Waals surface area (Å²) in [6.45, 7) is 1.58. The van der Waals surface area contributed by atoms with Crippen LogP contribution in [0.3, 0.4) is 0 Å². The van der Waals surface area contributed by atoms with Crippen LogP contribution in [-0.2, 0) is 17.4 Å². The minimum atomic E-state index is -4.47. The summed E-state index contributed by atoms with van der Waals surface area (Å²) >= 11 is 0.865.